The molecule has 0 bridgehead atoms. The lowest BCUT2D eigenvalue weighted by Gasteiger charge is -2.21. The van der Waals surface area contributed by atoms with E-state index in [4.69, 9.17) is 4.74 Å². The molecule has 0 amide bonds. The van der Waals surface area contributed by atoms with Gasteiger partial charge in [0.25, 0.3) is 0 Å². The van der Waals surface area contributed by atoms with Crippen molar-refractivity contribution in [1.29, 1.82) is 0 Å². The quantitative estimate of drug-likeness (QED) is 0.780. The highest BCUT2D eigenvalue weighted by Crippen LogP contribution is 2.48. The maximum absolute atomic E-state index is 5.44. The molecule has 2 saturated carbocycles. The Labute approximate surface area is 122 Å². The molecule has 2 aliphatic rings. The fourth-order valence-electron chi connectivity index (χ4n) is 3.38. The summed E-state index contributed by atoms with van der Waals surface area (Å²) >= 11 is 0. The second kappa shape index (κ2) is 6.17. The molecule has 0 spiro atoms. The van der Waals surface area contributed by atoms with Crippen LogP contribution >= 0.6 is 0 Å². The zero-order valence-electron chi connectivity index (χ0n) is 12.8. The molecule has 1 atom stereocenters. The first-order chi connectivity index (χ1) is 9.78. The number of nitrogens with one attached hydrogen (secondary N) is 1. The molecular formula is C18H27NO. The molecule has 0 radical (unpaired) electrons. The summed E-state index contributed by atoms with van der Waals surface area (Å²) in [7, 11) is 1.76. The van der Waals surface area contributed by atoms with Crippen LogP contribution in [-0.2, 0) is 6.42 Å². The minimum absolute atomic E-state index is 0.520. The Morgan fingerprint density at radius 2 is 1.80 bits per heavy atom. The number of para-hydroxylation sites is 1. The normalized spacial score (nSPS) is 20.1. The molecule has 0 saturated heterocycles. The Bertz CT molecular complexity index is 425. The largest absolute Gasteiger partial charge is 0.496 e. The SMILES string of the molecule is COc1ccccc1CC(C)NCC(C1CC1)C1CC1. The van der Waals surface area contributed by atoms with E-state index in [1.807, 2.05) is 6.07 Å². The van der Waals surface area contributed by atoms with Gasteiger partial charge in [-0.05, 0) is 75.0 Å². The first-order valence-electron chi connectivity index (χ1n) is 8.13. The van der Waals surface area contributed by atoms with Crippen LogP contribution in [0.3, 0.4) is 0 Å². The molecule has 1 unspecified atom stereocenters. The summed E-state index contributed by atoms with van der Waals surface area (Å²) in [6, 6.07) is 8.89. The van der Waals surface area contributed by atoms with E-state index in [9.17, 15) is 0 Å². The van der Waals surface area contributed by atoms with Gasteiger partial charge in [-0.2, -0.15) is 0 Å². The first-order valence-corrected chi connectivity index (χ1v) is 8.13. The average Bonchev–Trinajstić information content (AvgIpc) is 3.33. The van der Waals surface area contributed by atoms with E-state index >= 15 is 0 Å². The van der Waals surface area contributed by atoms with Gasteiger partial charge in [0.1, 0.15) is 5.75 Å². The predicted molar refractivity (Wildman–Crippen MR) is 83.1 cm³/mol. The zero-order chi connectivity index (χ0) is 13.9. The standard InChI is InChI=1S/C18H27NO/c1-13(11-16-5-3-4-6-18(16)20-2)19-12-17(14-7-8-14)15-9-10-15/h3-6,13-15,17,19H,7-12H2,1-2H3. The van der Waals surface area contributed by atoms with Crippen molar-refractivity contribution in [2.75, 3.05) is 13.7 Å². The molecule has 0 heterocycles. The Morgan fingerprint density at radius 1 is 1.15 bits per heavy atom. The van der Waals surface area contributed by atoms with E-state index in [1.54, 1.807) is 7.11 Å². The van der Waals surface area contributed by atoms with Crippen LogP contribution < -0.4 is 10.1 Å². The minimum atomic E-state index is 0.520. The van der Waals surface area contributed by atoms with Gasteiger partial charge in [0, 0.05) is 6.04 Å². The van der Waals surface area contributed by atoms with Crippen molar-refractivity contribution in [1.82, 2.24) is 5.32 Å². The highest BCUT2D eigenvalue weighted by Gasteiger charge is 2.40. The molecule has 110 valence electrons. The van der Waals surface area contributed by atoms with Gasteiger partial charge in [0.05, 0.1) is 7.11 Å². The molecule has 2 aliphatic carbocycles. The third kappa shape index (κ3) is 3.54. The minimum Gasteiger partial charge on any atom is -0.496 e. The van der Waals surface area contributed by atoms with Gasteiger partial charge in [0.2, 0.25) is 0 Å². The van der Waals surface area contributed by atoms with Crippen molar-refractivity contribution in [3.8, 4) is 5.75 Å². The van der Waals surface area contributed by atoms with Crippen molar-refractivity contribution in [3.63, 3.8) is 0 Å². The summed E-state index contributed by atoms with van der Waals surface area (Å²) in [6.07, 6.45) is 6.95. The molecular weight excluding hydrogens is 246 g/mol. The lowest BCUT2D eigenvalue weighted by Crippen LogP contribution is -2.34. The van der Waals surface area contributed by atoms with Crippen LogP contribution in [0.25, 0.3) is 0 Å². The molecule has 3 rings (SSSR count). The van der Waals surface area contributed by atoms with E-state index in [0.717, 1.165) is 29.9 Å². The third-order valence-electron chi connectivity index (χ3n) is 4.88. The third-order valence-corrected chi connectivity index (χ3v) is 4.88. The number of methoxy groups -OCH3 is 1. The molecule has 1 N–H and O–H groups in total. The molecule has 1 aromatic carbocycles. The molecule has 2 heteroatoms. The number of ether oxygens (including phenoxy) is 1. The molecule has 0 aromatic heterocycles. The summed E-state index contributed by atoms with van der Waals surface area (Å²) in [5.74, 6) is 4.04. The maximum atomic E-state index is 5.44. The second-order valence-electron chi connectivity index (χ2n) is 6.66. The van der Waals surface area contributed by atoms with Crippen molar-refractivity contribution in [3.05, 3.63) is 29.8 Å². The lowest BCUT2D eigenvalue weighted by molar-refractivity contribution is 0.356. The monoisotopic (exact) mass is 273 g/mol. The van der Waals surface area contributed by atoms with Crippen LogP contribution in [-0.4, -0.2) is 19.7 Å². The van der Waals surface area contributed by atoms with Crippen LogP contribution in [0, 0.1) is 17.8 Å². The predicted octanol–water partition coefficient (Wildman–Crippen LogP) is 3.65. The molecule has 1 aromatic rings. The number of rotatable bonds is 8. The van der Waals surface area contributed by atoms with Crippen LogP contribution in [0.15, 0.2) is 24.3 Å². The highest BCUT2D eigenvalue weighted by molar-refractivity contribution is 5.33. The summed E-state index contributed by atoms with van der Waals surface area (Å²) in [6.45, 7) is 3.51. The van der Waals surface area contributed by atoms with Gasteiger partial charge in [-0.25, -0.2) is 0 Å². The van der Waals surface area contributed by atoms with Crippen LogP contribution in [0.1, 0.15) is 38.2 Å². The van der Waals surface area contributed by atoms with Crippen LogP contribution in [0.2, 0.25) is 0 Å². The Kier molecular flexibility index (Phi) is 4.30. The zero-order valence-corrected chi connectivity index (χ0v) is 12.8. The van der Waals surface area contributed by atoms with E-state index in [0.29, 0.717) is 6.04 Å². The smallest absolute Gasteiger partial charge is 0.122 e. The summed E-state index contributed by atoms with van der Waals surface area (Å²) in [5, 5.41) is 3.77. The van der Waals surface area contributed by atoms with Gasteiger partial charge < -0.3 is 10.1 Å². The fraction of sp³-hybridized carbons (Fsp3) is 0.667. The summed E-state index contributed by atoms with van der Waals surface area (Å²) in [5.41, 5.74) is 1.31. The Balaban J connectivity index is 1.50. The van der Waals surface area contributed by atoms with E-state index < -0.39 is 0 Å². The van der Waals surface area contributed by atoms with Gasteiger partial charge in [-0.1, -0.05) is 18.2 Å². The molecule has 2 nitrogen and oxygen atoms in total. The van der Waals surface area contributed by atoms with Gasteiger partial charge in [0.15, 0.2) is 0 Å². The molecule has 0 aliphatic heterocycles. The number of hydrogen-bond donors (Lipinski definition) is 1. The molecule has 20 heavy (non-hydrogen) atoms. The van der Waals surface area contributed by atoms with Crippen molar-refractivity contribution < 1.29 is 4.74 Å². The van der Waals surface area contributed by atoms with Gasteiger partial charge in [-0.15, -0.1) is 0 Å². The Hall–Kier alpha value is -1.02. The van der Waals surface area contributed by atoms with Crippen molar-refractivity contribution in [2.45, 2.75) is 45.1 Å². The number of hydrogen-bond acceptors (Lipinski definition) is 2. The van der Waals surface area contributed by atoms with Crippen LogP contribution in [0.4, 0.5) is 0 Å². The molecule has 2 fully saturated rings. The summed E-state index contributed by atoms with van der Waals surface area (Å²) in [4.78, 5) is 0. The second-order valence-corrected chi connectivity index (χ2v) is 6.66. The van der Waals surface area contributed by atoms with Crippen molar-refractivity contribution in [2.24, 2.45) is 17.8 Å². The van der Waals surface area contributed by atoms with E-state index in [-0.39, 0.29) is 0 Å². The highest BCUT2D eigenvalue weighted by atomic mass is 16.5. The fourth-order valence-corrected chi connectivity index (χ4v) is 3.38. The van der Waals surface area contributed by atoms with Gasteiger partial charge in [-0.3, -0.25) is 0 Å². The average molecular weight is 273 g/mol. The summed E-state index contributed by atoms with van der Waals surface area (Å²) < 4.78 is 5.44. The first kappa shape index (κ1) is 13.9. The van der Waals surface area contributed by atoms with E-state index in [1.165, 1.54) is 37.8 Å². The Morgan fingerprint density at radius 3 is 2.40 bits per heavy atom. The number of benzene rings is 1. The maximum Gasteiger partial charge on any atom is 0.122 e. The van der Waals surface area contributed by atoms with Crippen LogP contribution in [0.5, 0.6) is 5.75 Å². The topological polar surface area (TPSA) is 21.3 Å². The van der Waals surface area contributed by atoms with Crippen molar-refractivity contribution >= 4 is 0 Å². The van der Waals surface area contributed by atoms with Gasteiger partial charge >= 0.3 is 0 Å². The van der Waals surface area contributed by atoms with E-state index in [2.05, 4.69) is 30.4 Å². The lowest BCUT2D eigenvalue weighted by atomic mass is 9.97.